The Bertz CT molecular complexity index is 795. The Morgan fingerprint density at radius 1 is 1.26 bits per heavy atom. The minimum Gasteiger partial charge on any atom is -0.351 e. The number of carbonyl (C=O) groups is 1. The molecule has 0 aliphatic carbocycles. The summed E-state index contributed by atoms with van der Waals surface area (Å²) in [6.07, 6.45) is 0. The monoisotopic (exact) mass is 337 g/mol. The van der Waals surface area contributed by atoms with Gasteiger partial charge in [-0.25, -0.2) is 8.42 Å². The SMILES string of the molecule is CCN(CC)S(=O)(=O)c1cccc(NC(=O)c2cc(C)no2)c1. The summed E-state index contributed by atoms with van der Waals surface area (Å²) in [4.78, 5) is 12.2. The largest absolute Gasteiger partial charge is 0.351 e. The highest BCUT2D eigenvalue weighted by Gasteiger charge is 2.22. The number of nitrogens with zero attached hydrogens (tertiary/aromatic N) is 2. The van der Waals surface area contributed by atoms with Gasteiger partial charge in [0.25, 0.3) is 5.91 Å². The average molecular weight is 337 g/mol. The highest BCUT2D eigenvalue weighted by Crippen LogP contribution is 2.20. The molecule has 0 saturated carbocycles. The maximum Gasteiger partial charge on any atom is 0.294 e. The van der Waals surface area contributed by atoms with Crippen LogP contribution in [0.2, 0.25) is 0 Å². The normalized spacial score (nSPS) is 11.7. The fourth-order valence-corrected chi connectivity index (χ4v) is 3.61. The number of rotatable bonds is 6. The van der Waals surface area contributed by atoms with Crippen molar-refractivity contribution in [2.75, 3.05) is 18.4 Å². The van der Waals surface area contributed by atoms with Gasteiger partial charge < -0.3 is 9.84 Å². The van der Waals surface area contributed by atoms with Crippen molar-refractivity contribution in [1.82, 2.24) is 9.46 Å². The smallest absolute Gasteiger partial charge is 0.294 e. The molecule has 124 valence electrons. The number of sulfonamides is 1. The van der Waals surface area contributed by atoms with E-state index in [-0.39, 0.29) is 10.7 Å². The quantitative estimate of drug-likeness (QED) is 0.873. The molecule has 1 aromatic carbocycles. The van der Waals surface area contributed by atoms with Crippen LogP contribution in [0.4, 0.5) is 5.69 Å². The zero-order valence-corrected chi connectivity index (χ0v) is 14.1. The molecule has 0 unspecified atom stereocenters. The number of nitrogens with one attached hydrogen (secondary N) is 1. The van der Waals surface area contributed by atoms with Gasteiger partial charge in [0.1, 0.15) is 0 Å². The predicted octanol–water partition coefficient (Wildman–Crippen LogP) is 2.27. The van der Waals surface area contributed by atoms with E-state index in [1.807, 2.05) is 0 Å². The number of aromatic nitrogens is 1. The summed E-state index contributed by atoms with van der Waals surface area (Å²) >= 11 is 0. The van der Waals surface area contributed by atoms with Crippen LogP contribution >= 0.6 is 0 Å². The fraction of sp³-hybridized carbons (Fsp3) is 0.333. The molecule has 0 spiro atoms. The zero-order valence-electron chi connectivity index (χ0n) is 13.2. The molecular formula is C15H19N3O4S. The van der Waals surface area contributed by atoms with Crippen LogP contribution in [-0.2, 0) is 10.0 Å². The Kier molecular flexibility index (Phi) is 5.17. The van der Waals surface area contributed by atoms with E-state index in [0.29, 0.717) is 24.5 Å². The van der Waals surface area contributed by atoms with Gasteiger partial charge in [-0.15, -0.1) is 0 Å². The van der Waals surface area contributed by atoms with Crippen LogP contribution < -0.4 is 5.32 Å². The van der Waals surface area contributed by atoms with Crippen molar-refractivity contribution < 1.29 is 17.7 Å². The third-order valence-electron chi connectivity index (χ3n) is 3.29. The zero-order chi connectivity index (χ0) is 17.0. The number of hydrogen-bond donors (Lipinski definition) is 1. The molecule has 1 N–H and O–H groups in total. The van der Waals surface area contributed by atoms with Crippen LogP contribution in [0, 0.1) is 6.92 Å². The number of anilines is 1. The van der Waals surface area contributed by atoms with E-state index in [1.54, 1.807) is 32.9 Å². The molecule has 8 heteroatoms. The number of carbonyl (C=O) groups excluding carboxylic acids is 1. The first kappa shape index (κ1) is 17.2. The molecule has 2 rings (SSSR count). The van der Waals surface area contributed by atoms with Gasteiger partial charge in [-0.1, -0.05) is 25.1 Å². The van der Waals surface area contributed by atoms with Crippen LogP contribution in [0.1, 0.15) is 30.1 Å². The van der Waals surface area contributed by atoms with Crippen molar-refractivity contribution in [2.24, 2.45) is 0 Å². The van der Waals surface area contributed by atoms with Gasteiger partial charge >= 0.3 is 0 Å². The van der Waals surface area contributed by atoms with Gasteiger partial charge in [0.15, 0.2) is 0 Å². The molecule has 0 bridgehead atoms. The summed E-state index contributed by atoms with van der Waals surface area (Å²) in [7, 11) is -3.57. The van der Waals surface area contributed by atoms with Gasteiger partial charge in [0.2, 0.25) is 15.8 Å². The maximum atomic E-state index is 12.5. The lowest BCUT2D eigenvalue weighted by Crippen LogP contribution is -2.30. The summed E-state index contributed by atoms with van der Waals surface area (Å²) in [6.45, 7) is 6.02. The highest BCUT2D eigenvalue weighted by molar-refractivity contribution is 7.89. The standard InChI is InChI=1S/C15H19N3O4S/c1-4-18(5-2)23(20,21)13-8-6-7-12(10-13)16-15(19)14-9-11(3)17-22-14/h6-10H,4-5H2,1-3H3,(H,16,19). The van der Waals surface area contributed by atoms with Crippen molar-refractivity contribution >= 4 is 21.6 Å². The lowest BCUT2D eigenvalue weighted by atomic mass is 10.3. The maximum absolute atomic E-state index is 12.5. The number of hydrogen-bond acceptors (Lipinski definition) is 5. The number of amides is 1. The Hall–Kier alpha value is -2.19. The second kappa shape index (κ2) is 6.93. The molecule has 1 heterocycles. The Balaban J connectivity index is 2.25. The molecule has 0 saturated heterocycles. The molecule has 0 aliphatic heterocycles. The van der Waals surface area contributed by atoms with Crippen molar-refractivity contribution in [2.45, 2.75) is 25.7 Å². The summed E-state index contributed by atoms with van der Waals surface area (Å²) in [5, 5.41) is 6.25. The van der Waals surface area contributed by atoms with Crippen molar-refractivity contribution in [3.63, 3.8) is 0 Å². The second-order valence-corrected chi connectivity index (χ2v) is 6.84. The van der Waals surface area contributed by atoms with Crippen molar-refractivity contribution in [1.29, 1.82) is 0 Å². The molecule has 1 amide bonds. The number of aryl methyl sites for hydroxylation is 1. The van der Waals surface area contributed by atoms with E-state index >= 15 is 0 Å². The number of benzene rings is 1. The van der Waals surface area contributed by atoms with E-state index in [2.05, 4.69) is 10.5 Å². The van der Waals surface area contributed by atoms with Crippen LogP contribution in [0.5, 0.6) is 0 Å². The molecule has 0 radical (unpaired) electrons. The first-order chi connectivity index (χ1) is 10.9. The Morgan fingerprint density at radius 2 is 1.96 bits per heavy atom. The Morgan fingerprint density at radius 3 is 2.52 bits per heavy atom. The van der Waals surface area contributed by atoms with Gasteiger partial charge in [0, 0.05) is 24.8 Å². The molecule has 2 aromatic rings. The fourth-order valence-electron chi connectivity index (χ4n) is 2.11. The van der Waals surface area contributed by atoms with Gasteiger partial charge in [0.05, 0.1) is 10.6 Å². The van der Waals surface area contributed by atoms with Gasteiger partial charge in [-0.2, -0.15) is 4.31 Å². The molecule has 0 fully saturated rings. The first-order valence-electron chi connectivity index (χ1n) is 7.23. The lowest BCUT2D eigenvalue weighted by Gasteiger charge is -2.18. The molecular weight excluding hydrogens is 318 g/mol. The van der Waals surface area contributed by atoms with Crippen molar-refractivity contribution in [3.8, 4) is 0 Å². The van der Waals surface area contributed by atoms with Gasteiger partial charge in [-0.3, -0.25) is 4.79 Å². The minimum atomic E-state index is -3.57. The van der Waals surface area contributed by atoms with E-state index in [1.165, 1.54) is 22.5 Å². The third kappa shape index (κ3) is 3.77. The van der Waals surface area contributed by atoms with E-state index in [9.17, 15) is 13.2 Å². The second-order valence-electron chi connectivity index (χ2n) is 4.90. The summed E-state index contributed by atoms with van der Waals surface area (Å²) in [6, 6.07) is 7.63. The van der Waals surface area contributed by atoms with Crippen LogP contribution in [0.15, 0.2) is 39.8 Å². The van der Waals surface area contributed by atoms with Crippen LogP contribution in [0.3, 0.4) is 0 Å². The van der Waals surface area contributed by atoms with E-state index in [0.717, 1.165) is 0 Å². The molecule has 0 aliphatic rings. The summed E-state index contributed by atoms with van der Waals surface area (Å²) < 4.78 is 31.2. The molecule has 0 atom stereocenters. The summed E-state index contributed by atoms with van der Waals surface area (Å²) in [5.41, 5.74) is 0.963. The minimum absolute atomic E-state index is 0.0690. The highest BCUT2D eigenvalue weighted by atomic mass is 32.2. The summed E-state index contributed by atoms with van der Waals surface area (Å²) in [5.74, 6) is -0.414. The first-order valence-corrected chi connectivity index (χ1v) is 8.67. The topological polar surface area (TPSA) is 92.5 Å². The third-order valence-corrected chi connectivity index (χ3v) is 5.33. The lowest BCUT2D eigenvalue weighted by molar-refractivity contribution is 0.0988. The van der Waals surface area contributed by atoms with Crippen LogP contribution in [-0.4, -0.2) is 36.9 Å². The average Bonchev–Trinajstić information content (AvgIpc) is 2.95. The molecule has 23 heavy (non-hydrogen) atoms. The Labute approximate surface area is 135 Å². The predicted molar refractivity (Wildman–Crippen MR) is 85.7 cm³/mol. The van der Waals surface area contributed by atoms with E-state index in [4.69, 9.17) is 4.52 Å². The van der Waals surface area contributed by atoms with E-state index < -0.39 is 15.9 Å². The molecule has 7 nitrogen and oxygen atoms in total. The van der Waals surface area contributed by atoms with Gasteiger partial charge in [-0.05, 0) is 25.1 Å². The van der Waals surface area contributed by atoms with Crippen LogP contribution in [0.25, 0.3) is 0 Å². The van der Waals surface area contributed by atoms with Crippen molar-refractivity contribution in [3.05, 3.63) is 41.8 Å². The molecule has 1 aromatic heterocycles.